The summed E-state index contributed by atoms with van der Waals surface area (Å²) in [4.78, 5) is 0. The van der Waals surface area contributed by atoms with Gasteiger partial charge in [-0.05, 0) is 59.8 Å². The van der Waals surface area contributed by atoms with Crippen LogP contribution in [0.4, 0.5) is 5.69 Å². The summed E-state index contributed by atoms with van der Waals surface area (Å²) >= 11 is 2.14. The molecule has 0 unspecified atom stereocenters. The summed E-state index contributed by atoms with van der Waals surface area (Å²) in [6.07, 6.45) is 0. The van der Waals surface area contributed by atoms with Crippen LogP contribution in [0.5, 0.6) is 5.75 Å². The molecule has 0 aliphatic heterocycles. The Morgan fingerprint density at radius 3 is 2.79 bits per heavy atom. The minimum atomic E-state index is -0.0382. The van der Waals surface area contributed by atoms with Crippen LogP contribution in [0, 0.1) is 3.77 Å². The van der Waals surface area contributed by atoms with Crippen molar-refractivity contribution in [1.29, 1.82) is 0 Å². The average molecular weight is 373 g/mol. The van der Waals surface area contributed by atoms with Crippen LogP contribution >= 0.6 is 22.6 Å². The maximum absolute atomic E-state index is 9.33. The molecule has 2 aromatic rings. The lowest BCUT2D eigenvalue weighted by Crippen LogP contribution is -2.01. The second-order valence-corrected chi connectivity index (χ2v) is 5.04. The molecule has 0 spiro atoms. The Hall–Kier alpha value is -1.21. The van der Waals surface area contributed by atoms with Gasteiger partial charge in [-0.1, -0.05) is 0 Å². The van der Waals surface area contributed by atoms with Crippen molar-refractivity contribution in [3.05, 3.63) is 45.4 Å². The van der Waals surface area contributed by atoms with Gasteiger partial charge in [0, 0.05) is 11.3 Å². The molecule has 2 N–H and O–H groups in total. The SMILES string of the molecule is CCOc1ccc(NCc2ccc(I)o2)cc1CO. The normalized spacial score (nSPS) is 10.5. The molecular formula is C14H16INO3. The summed E-state index contributed by atoms with van der Waals surface area (Å²) in [6, 6.07) is 9.55. The van der Waals surface area contributed by atoms with E-state index in [0.717, 1.165) is 26.5 Å². The molecule has 1 aromatic carbocycles. The summed E-state index contributed by atoms with van der Waals surface area (Å²) in [5.74, 6) is 1.60. The van der Waals surface area contributed by atoms with Gasteiger partial charge < -0.3 is 19.6 Å². The molecule has 0 aliphatic carbocycles. The van der Waals surface area contributed by atoms with Crippen molar-refractivity contribution in [3.63, 3.8) is 0 Å². The van der Waals surface area contributed by atoms with Crippen LogP contribution in [-0.2, 0) is 13.2 Å². The van der Waals surface area contributed by atoms with Gasteiger partial charge in [0.25, 0.3) is 0 Å². The van der Waals surface area contributed by atoms with Gasteiger partial charge in [0.15, 0.2) is 3.77 Å². The van der Waals surface area contributed by atoms with E-state index < -0.39 is 0 Å². The van der Waals surface area contributed by atoms with E-state index in [1.807, 2.05) is 37.3 Å². The molecule has 0 radical (unpaired) electrons. The first-order chi connectivity index (χ1) is 9.22. The topological polar surface area (TPSA) is 54.6 Å². The number of benzene rings is 1. The standard InChI is InChI=1S/C14H16INO3/c1-2-18-13-5-3-11(7-10(13)9-17)16-8-12-4-6-14(15)19-12/h3-7,16-17H,2,8-9H2,1H3. The second-order valence-electron chi connectivity index (χ2n) is 3.97. The lowest BCUT2D eigenvalue weighted by Gasteiger charge is -2.11. The average Bonchev–Trinajstić information content (AvgIpc) is 2.83. The fourth-order valence-electron chi connectivity index (χ4n) is 1.75. The molecule has 2 rings (SSSR count). The number of aliphatic hydroxyl groups is 1. The molecule has 0 atom stereocenters. The number of hydrogen-bond acceptors (Lipinski definition) is 4. The van der Waals surface area contributed by atoms with Crippen molar-refractivity contribution < 1.29 is 14.3 Å². The zero-order valence-corrected chi connectivity index (χ0v) is 12.8. The fraction of sp³-hybridized carbons (Fsp3) is 0.286. The molecule has 0 saturated carbocycles. The summed E-state index contributed by atoms with van der Waals surface area (Å²) in [5, 5.41) is 12.6. The number of ether oxygens (including phenoxy) is 1. The summed E-state index contributed by atoms with van der Waals surface area (Å²) in [6.45, 7) is 3.09. The number of nitrogens with one attached hydrogen (secondary N) is 1. The molecule has 0 saturated heterocycles. The van der Waals surface area contributed by atoms with Gasteiger partial charge in [0.1, 0.15) is 11.5 Å². The Morgan fingerprint density at radius 1 is 1.32 bits per heavy atom. The van der Waals surface area contributed by atoms with Crippen LogP contribution in [0.2, 0.25) is 0 Å². The van der Waals surface area contributed by atoms with E-state index >= 15 is 0 Å². The zero-order valence-electron chi connectivity index (χ0n) is 10.6. The van der Waals surface area contributed by atoms with E-state index in [9.17, 15) is 5.11 Å². The number of furan rings is 1. The second kappa shape index (κ2) is 6.81. The van der Waals surface area contributed by atoms with Crippen molar-refractivity contribution in [2.75, 3.05) is 11.9 Å². The Labute approximate surface area is 125 Å². The summed E-state index contributed by atoms with van der Waals surface area (Å²) in [5.41, 5.74) is 1.71. The van der Waals surface area contributed by atoms with Crippen molar-refractivity contribution in [2.45, 2.75) is 20.1 Å². The highest BCUT2D eigenvalue weighted by atomic mass is 127. The van der Waals surface area contributed by atoms with E-state index in [4.69, 9.17) is 9.15 Å². The van der Waals surface area contributed by atoms with E-state index in [0.29, 0.717) is 13.2 Å². The Bertz CT molecular complexity index is 539. The predicted molar refractivity (Wildman–Crippen MR) is 82.3 cm³/mol. The first-order valence-corrected chi connectivity index (χ1v) is 7.15. The van der Waals surface area contributed by atoms with Crippen molar-refractivity contribution in [1.82, 2.24) is 0 Å². The van der Waals surface area contributed by atoms with Gasteiger partial charge in [-0.3, -0.25) is 0 Å². The van der Waals surface area contributed by atoms with Gasteiger partial charge in [0.2, 0.25) is 0 Å². The molecule has 0 fully saturated rings. The molecular weight excluding hydrogens is 357 g/mol. The third kappa shape index (κ3) is 3.87. The maximum Gasteiger partial charge on any atom is 0.164 e. The fourth-order valence-corrected chi connectivity index (χ4v) is 2.21. The van der Waals surface area contributed by atoms with Gasteiger partial charge in [-0.2, -0.15) is 0 Å². The number of anilines is 1. The minimum absolute atomic E-state index is 0.0382. The molecule has 0 aliphatic rings. The third-order valence-electron chi connectivity index (χ3n) is 2.63. The molecule has 0 amide bonds. The maximum atomic E-state index is 9.33. The molecule has 1 aromatic heterocycles. The monoisotopic (exact) mass is 373 g/mol. The largest absolute Gasteiger partial charge is 0.494 e. The molecule has 102 valence electrons. The van der Waals surface area contributed by atoms with Crippen LogP contribution in [-0.4, -0.2) is 11.7 Å². The van der Waals surface area contributed by atoms with Crippen molar-refractivity contribution in [3.8, 4) is 5.75 Å². The molecule has 0 bridgehead atoms. The summed E-state index contributed by atoms with van der Waals surface area (Å²) in [7, 11) is 0. The third-order valence-corrected chi connectivity index (χ3v) is 3.21. The van der Waals surface area contributed by atoms with E-state index in [1.54, 1.807) is 0 Å². The van der Waals surface area contributed by atoms with Crippen molar-refractivity contribution in [2.24, 2.45) is 0 Å². The molecule has 5 heteroatoms. The summed E-state index contributed by atoms with van der Waals surface area (Å²) < 4.78 is 11.8. The van der Waals surface area contributed by atoms with Gasteiger partial charge in [-0.25, -0.2) is 0 Å². The number of halogens is 1. The Balaban J connectivity index is 2.04. The lowest BCUT2D eigenvalue weighted by atomic mass is 10.2. The highest BCUT2D eigenvalue weighted by Gasteiger charge is 2.05. The number of aliphatic hydroxyl groups excluding tert-OH is 1. The van der Waals surface area contributed by atoms with Crippen LogP contribution in [0.1, 0.15) is 18.2 Å². The van der Waals surface area contributed by atoms with Crippen LogP contribution in [0.15, 0.2) is 34.7 Å². The highest BCUT2D eigenvalue weighted by molar-refractivity contribution is 14.1. The zero-order chi connectivity index (χ0) is 13.7. The van der Waals surface area contributed by atoms with Crippen molar-refractivity contribution >= 4 is 28.3 Å². The van der Waals surface area contributed by atoms with Crippen LogP contribution in [0.25, 0.3) is 0 Å². The lowest BCUT2D eigenvalue weighted by molar-refractivity contribution is 0.267. The predicted octanol–water partition coefficient (Wildman–Crippen LogP) is 3.39. The molecule has 1 heterocycles. The number of hydrogen-bond donors (Lipinski definition) is 2. The minimum Gasteiger partial charge on any atom is -0.494 e. The van der Waals surface area contributed by atoms with Crippen LogP contribution in [0.3, 0.4) is 0 Å². The Kier molecular flexibility index (Phi) is 5.09. The van der Waals surface area contributed by atoms with Gasteiger partial charge >= 0.3 is 0 Å². The Morgan fingerprint density at radius 2 is 2.16 bits per heavy atom. The van der Waals surface area contributed by atoms with Crippen LogP contribution < -0.4 is 10.1 Å². The first kappa shape index (κ1) is 14.2. The smallest absolute Gasteiger partial charge is 0.164 e. The van der Waals surface area contributed by atoms with E-state index in [-0.39, 0.29) is 6.61 Å². The molecule has 19 heavy (non-hydrogen) atoms. The van der Waals surface area contributed by atoms with Gasteiger partial charge in [0.05, 0.1) is 19.8 Å². The first-order valence-electron chi connectivity index (χ1n) is 6.07. The van der Waals surface area contributed by atoms with E-state index in [2.05, 4.69) is 27.9 Å². The van der Waals surface area contributed by atoms with E-state index in [1.165, 1.54) is 0 Å². The highest BCUT2D eigenvalue weighted by Crippen LogP contribution is 2.23. The quantitative estimate of drug-likeness (QED) is 0.763. The number of rotatable bonds is 6. The molecule has 4 nitrogen and oxygen atoms in total. The van der Waals surface area contributed by atoms with Gasteiger partial charge in [-0.15, -0.1) is 0 Å².